The van der Waals surface area contributed by atoms with Crippen molar-refractivity contribution in [2.75, 3.05) is 13.2 Å². The smallest absolute Gasteiger partial charge is 0.338 e. The number of hydrazone groups is 1. The second-order valence-electron chi connectivity index (χ2n) is 9.27. The van der Waals surface area contributed by atoms with Gasteiger partial charge >= 0.3 is 5.97 Å². The highest BCUT2D eigenvalue weighted by molar-refractivity contribution is 14.1. The number of carbonyl (C=O) groups excluding carboxylic acids is 2. The molecular formula is C31H27I2N5O5S. The van der Waals surface area contributed by atoms with Gasteiger partial charge in [0.2, 0.25) is 0 Å². The van der Waals surface area contributed by atoms with E-state index in [0.29, 0.717) is 44.6 Å². The first-order valence-electron chi connectivity index (χ1n) is 13.3. The molecule has 0 bridgehead atoms. The largest absolute Gasteiger partial charge is 0.487 e. The topological polar surface area (TPSA) is 134 Å². The highest BCUT2D eigenvalue weighted by atomic mass is 127. The number of halogens is 2. The van der Waals surface area contributed by atoms with E-state index in [2.05, 4.69) is 72.4 Å². The van der Waals surface area contributed by atoms with Crippen LogP contribution in [0.25, 0.3) is 0 Å². The Morgan fingerprint density at radius 2 is 1.89 bits per heavy atom. The molecule has 1 atom stereocenters. The summed E-state index contributed by atoms with van der Waals surface area (Å²) in [6, 6.07) is 19.7. The Hall–Kier alpha value is -3.75. The van der Waals surface area contributed by atoms with Crippen molar-refractivity contribution < 1.29 is 23.8 Å². The molecule has 0 unspecified atom stereocenters. The number of amides is 1. The number of thiocarbonyl (C=S) groups is 1. The van der Waals surface area contributed by atoms with E-state index < -0.39 is 17.9 Å². The minimum Gasteiger partial charge on any atom is -0.487 e. The highest BCUT2D eigenvalue weighted by Gasteiger charge is 2.32. The number of ether oxygens (including phenoxy) is 3. The second-order valence-corrected chi connectivity index (χ2v) is 12.1. The van der Waals surface area contributed by atoms with E-state index in [9.17, 15) is 14.9 Å². The van der Waals surface area contributed by atoms with Gasteiger partial charge in [0.05, 0.1) is 39.6 Å². The summed E-state index contributed by atoms with van der Waals surface area (Å²) in [5.41, 5.74) is 6.00. The molecule has 0 saturated heterocycles. The molecule has 44 heavy (non-hydrogen) atoms. The molecule has 0 aliphatic carbocycles. The van der Waals surface area contributed by atoms with Crippen LogP contribution in [0, 0.1) is 18.5 Å². The van der Waals surface area contributed by atoms with Crippen LogP contribution in [0.4, 0.5) is 0 Å². The Kier molecular flexibility index (Phi) is 11.9. The molecule has 226 valence electrons. The van der Waals surface area contributed by atoms with E-state index in [1.165, 1.54) is 6.21 Å². The van der Waals surface area contributed by atoms with Crippen molar-refractivity contribution in [2.24, 2.45) is 5.10 Å². The molecule has 10 nitrogen and oxygen atoms in total. The summed E-state index contributed by atoms with van der Waals surface area (Å²) in [4.78, 5) is 25.5. The number of nitrogens with one attached hydrogen (secondary N) is 3. The van der Waals surface area contributed by atoms with Crippen LogP contribution in [-0.4, -0.2) is 36.4 Å². The Bertz CT molecular complexity index is 1690. The number of rotatable bonds is 11. The first-order valence-corrected chi connectivity index (χ1v) is 15.9. The van der Waals surface area contributed by atoms with Gasteiger partial charge in [-0.2, -0.15) is 10.4 Å². The lowest BCUT2D eigenvalue weighted by Crippen LogP contribution is -2.45. The summed E-state index contributed by atoms with van der Waals surface area (Å²) in [5, 5.41) is 19.9. The van der Waals surface area contributed by atoms with Crippen LogP contribution in [0.1, 0.15) is 42.1 Å². The molecule has 3 N–H and O–H groups in total. The number of para-hydroxylation sites is 1. The Morgan fingerprint density at radius 3 is 2.66 bits per heavy atom. The zero-order valence-corrected chi connectivity index (χ0v) is 28.8. The Balaban J connectivity index is 1.45. The van der Waals surface area contributed by atoms with Gasteiger partial charge in [-0.3, -0.25) is 4.79 Å². The van der Waals surface area contributed by atoms with Crippen LogP contribution >= 0.6 is 57.4 Å². The number of benzene rings is 3. The minimum atomic E-state index is -0.637. The van der Waals surface area contributed by atoms with Crippen LogP contribution in [-0.2, 0) is 20.9 Å². The van der Waals surface area contributed by atoms with Gasteiger partial charge in [0.15, 0.2) is 11.7 Å². The molecule has 1 aliphatic rings. The standard InChI is InChI=1S/C31H27I2N5O5S/c1-3-41-30(40)27-18(2)36-31(44)37-28(27)23-10-6-7-11-25(23)42-17-26(39)38-35-15-21-12-22(32)13-24(33)29(21)43-16-20-9-5-4-8-19(20)14-34/h4-13,15,28H,3,16-17H2,1-2H3,(H,38,39)(H2,36,37,44)/t28-/m0/s1. The predicted molar refractivity (Wildman–Crippen MR) is 186 cm³/mol. The van der Waals surface area contributed by atoms with Gasteiger partial charge in [0.1, 0.15) is 18.1 Å². The predicted octanol–water partition coefficient (Wildman–Crippen LogP) is 5.23. The summed E-state index contributed by atoms with van der Waals surface area (Å²) in [6.07, 6.45) is 1.50. The van der Waals surface area contributed by atoms with Gasteiger partial charge in [-0.05, 0) is 95.5 Å². The molecule has 0 radical (unpaired) electrons. The molecule has 0 fully saturated rings. The van der Waals surface area contributed by atoms with Gasteiger partial charge < -0.3 is 24.8 Å². The normalized spacial score (nSPS) is 14.3. The van der Waals surface area contributed by atoms with E-state index in [1.54, 1.807) is 50.2 Å². The van der Waals surface area contributed by atoms with Crippen molar-refractivity contribution >= 4 is 80.6 Å². The summed E-state index contributed by atoms with van der Waals surface area (Å²) in [7, 11) is 0. The molecule has 1 amide bonds. The summed E-state index contributed by atoms with van der Waals surface area (Å²) in [5.74, 6) is -0.00540. The van der Waals surface area contributed by atoms with Crippen LogP contribution in [0.3, 0.4) is 0 Å². The zero-order valence-electron chi connectivity index (χ0n) is 23.6. The first kappa shape index (κ1) is 33.1. The van der Waals surface area contributed by atoms with Crippen LogP contribution < -0.4 is 25.5 Å². The fourth-order valence-corrected chi connectivity index (χ4v) is 6.66. The average Bonchev–Trinajstić information content (AvgIpc) is 2.99. The van der Waals surface area contributed by atoms with Gasteiger partial charge in [0, 0.05) is 26.0 Å². The number of allylic oxidation sites excluding steroid dienone is 1. The van der Waals surface area contributed by atoms with E-state index >= 15 is 0 Å². The van der Waals surface area contributed by atoms with Gasteiger partial charge in [-0.25, -0.2) is 10.2 Å². The van der Waals surface area contributed by atoms with Crippen molar-refractivity contribution in [1.29, 1.82) is 5.26 Å². The molecule has 0 spiro atoms. The third-order valence-corrected chi connectivity index (χ3v) is 7.94. The minimum absolute atomic E-state index is 0.198. The lowest BCUT2D eigenvalue weighted by Gasteiger charge is -2.30. The van der Waals surface area contributed by atoms with Crippen molar-refractivity contribution in [2.45, 2.75) is 26.5 Å². The van der Waals surface area contributed by atoms with Crippen LogP contribution in [0.5, 0.6) is 11.5 Å². The number of nitrogens with zero attached hydrogens (tertiary/aromatic N) is 2. The van der Waals surface area contributed by atoms with E-state index in [4.69, 9.17) is 26.4 Å². The lowest BCUT2D eigenvalue weighted by atomic mass is 9.95. The van der Waals surface area contributed by atoms with Crippen molar-refractivity contribution in [3.05, 3.63) is 101 Å². The molecule has 1 heterocycles. The fourth-order valence-electron chi connectivity index (χ4n) is 4.34. The molecular weight excluding hydrogens is 808 g/mol. The van der Waals surface area contributed by atoms with Crippen LogP contribution in [0.2, 0.25) is 0 Å². The van der Waals surface area contributed by atoms with Gasteiger partial charge in [-0.1, -0.05) is 36.4 Å². The monoisotopic (exact) mass is 835 g/mol. The van der Waals surface area contributed by atoms with E-state index in [0.717, 1.165) is 12.7 Å². The third kappa shape index (κ3) is 8.45. The molecule has 0 saturated carbocycles. The molecule has 1 aliphatic heterocycles. The number of esters is 1. The maximum atomic E-state index is 12.8. The Labute approximate surface area is 287 Å². The highest BCUT2D eigenvalue weighted by Crippen LogP contribution is 2.34. The molecule has 3 aromatic rings. The first-order chi connectivity index (χ1) is 21.2. The number of hydrogen-bond donors (Lipinski definition) is 3. The number of nitriles is 1. The Morgan fingerprint density at radius 1 is 1.14 bits per heavy atom. The fraction of sp³-hybridized carbons (Fsp3) is 0.194. The summed E-state index contributed by atoms with van der Waals surface area (Å²) in [6.45, 7) is 3.56. The molecule has 13 heteroatoms. The summed E-state index contributed by atoms with van der Waals surface area (Å²) >= 11 is 9.70. The second kappa shape index (κ2) is 15.8. The van der Waals surface area contributed by atoms with Gasteiger partial charge in [-0.15, -0.1) is 0 Å². The van der Waals surface area contributed by atoms with Crippen molar-refractivity contribution in [3.8, 4) is 17.6 Å². The maximum absolute atomic E-state index is 12.8. The van der Waals surface area contributed by atoms with Crippen LogP contribution in [0.15, 0.2) is 77.0 Å². The number of hydrogen-bond acceptors (Lipinski definition) is 8. The lowest BCUT2D eigenvalue weighted by molar-refractivity contribution is -0.139. The van der Waals surface area contributed by atoms with Gasteiger partial charge in [0.25, 0.3) is 5.91 Å². The van der Waals surface area contributed by atoms with E-state index in [1.807, 2.05) is 24.3 Å². The number of carbonyl (C=O) groups is 2. The van der Waals surface area contributed by atoms with Crippen molar-refractivity contribution in [3.63, 3.8) is 0 Å². The quantitative estimate of drug-likeness (QED) is 0.0781. The third-order valence-electron chi connectivity index (χ3n) is 6.29. The average molecular weight is 835 g/mol. The molecule has 4 rings (SSSR count). The van der Waals surface area contributed by atoms with E-state index in [-0.39, 0.29) is 19.8 Å². The SMILES string of the molecule is CCOC(=O)C1=C(C)NC(=S)N[C@H]1c1ccccc1OCC(=O)NN=Cc1cc(I)cc(I)c1OCc1ccccc1C#N. The zero-order chi connectivity index (χ0) is 31.6. The molecule has 3 aromatic carbocycles. The van der Waals surface area contributed by atoms with Crippen molar-refractivity contribution in [1.82, 2.24) is 16.1 Å². The summed E-state index contributed by atoms with van der Waals surface area (Å²) < 4.78 is 19.0. The molecule has 0 aromatic heterocycles. The maximum Gasteiger partial charge on any atom is 0.338 e.